The molecule has 0 bridgehead atoms. The maximum absolute atomic E-state index is 12.9. The number of aliphatic hydroxyl groups excluding tert-OH is 1. The molecule has 2 aromatic carbocycles. The first kappa shape index (κ1) is 21.9. The van der Waals surface area contributed by atoms with Crippen LogP contribution >= 0.6 is 0 Å². The SMILES string of the molecule is C=CC[C@H](O)C[C@H](NS(=O)(=O)c1ccc(C)cc1)c1ccc(OC)c(OC)c1. The lowest BCUT2D eigenvalue weighted by atomic mass is 9.99. The summed E-state index contributed by atoms with van der Waals surface area (Å²) in [6, 6.07) is 11.1. The summed E-state index contributed by atoms with van der Waals surface area (Å²) in [6.07, 6.45) is 1.41. The lowest BCUT2D eigenvalue weighted by Gasteiger charge is -2.23. The summed E-state index contributed by atoms with van der Waals surface area (Å²) in [6.45, 7) is 5.52. The lowest BCUT2D eigenvalue weighted by molar-refractivity contribution is 0.156. The van der Waals surface area contributed by atoms with Crippen LogP contribution in [0.3, 0.4) is 0 Å². The first-order chi connectivity index (χ1) is 13.3. The van der Waals surface area contributed by atoms with Crippen molar-refractivity contribution in [3.63, 3.8) is 0 Å². The fourth-order valence-electron chi connectivity index (χ4n) is 2.86. The number of nitrogens with one attached hydrogen (secondary N) is 1. The van der Waals surface area contributed by atoms with Crippen molar-refractivity contribution in [1.29, 1.82) is 0 Å². The molecule has 0 unspecified atom stereocenters. The number of benzene rings is 2. The van der Waals surface area contributed by atoms with E-state index in [1.165, 1.54) is 14.2 Å². The van der Waals surface area contributed by atoms with Gasteiger partial charge in [0, 0.05) is 6.04 Å². The average molecular weight is 406 g/mol. The molecule has 6 nitrogen and oxygen atoms in total. The molecule has 0 aliphatic carbocycles. The van der Waals surface area contributed by atoms with Gasteiger partial charge in [-0.2, -0.15) is 0 Å². The first-order valence-corrected chi connectivity index (χ1v) is 10.4. The van der Waals surface area contributed by atoms with Crippen LogP contribution in [0.15, 0.2) is 60.0 Å². The minimum Gasteiger partial charge on any atom is -0.493 e. The maximum Gasteiger partial charge on any atom is 0.241 e. The number of sulfonamides is 1. The van der Waals surface area contributed by atoms with Crippen LogP contribution in [-0.2, 0) is 10.0 Å². The minimum absolute atomic E-state index is 0.168. The van der Waals surface area contributed by atoms with Gasteiger partial charge in [-0.25, -0.2) is 13.1 Å². The Kier molecular flexibility index (Phi) is 7.62. The Morgan fingerprint density at radius 3 is 2.32 bits per heavy atom. The molecule has 2 rings (SSSR count). The van der Waals surface area contributed by atoms with Crippen LogP contribution in [0.4, 0.5) is 0 Å². The fraction of sp³-hybridized carbons (Fsp3) is 0.333. The molecular formula is C21H27NO5S. The van der Waals surface area contributed by atoms with E-state index in [0.29, 0.717) is 23.5 Å². The van der Waals surface area contributed by atoms with E-state index < -0.39 is 22.2 Å². The molecule has 0 saturated heterocycles. The molecule has 7 heteroatoms. The van der Waals surface area contributed by atoms with Gasteiger partial charge in [0.2, 0.25) is 10.0 Å². The first-order valence-electron chi connectivity index (χ1n) is 8.90. The largest absolute Gasteiger partial charge is 0.493 e. The van der Waals surface area contributed by atoms with E-state index in [1.807, 2.05) is 6.92 Å². The van der Waals surface area contributed by atoms with Gasteiger partial charge in [0.05, 0.1) is 25.2 Å². The lowest BCUT2D eigenvalue weighted by Crippen LogP contribution is -2.31. The standard InChI is InChI=1S/C21H27NO5S/c1-5-6-17(23)14-19(16-9-12-20(26-3)21(13-16)27-4)22-28(24,25)18-10-7-15(2)8-11-18/h5,7-13,17,19,22-23H,1,6,14H2,2-4H3/t17-,19-/m0/s1. The number of methoxy groups -OCH3 is 2. The molecule has 0 radical (unpaired) electrons. The van der Waals surface area contributed by atoms with Gasteiger partial charge in [-0.15, -0.1) is 6.58 Å². The molecule has 0 aliphatic heterocycles. The minimum atomic E-state index is -3.78. The van der Waals surface area contributed by atoms with Gasteiger partial charge in [0.25, 0.3) is 0 Å². The monoisotopic (exact) mass is 405 g/mol. The van der Waals surface area contributed by atoms with Crippen molar-refractivity contribution in [2.45, 2.75) is 36.8 Å². The zero-order valence-corrected chi connectivity index (χ0v) is 17.2. The number of rotatable bonds is 10. The molecule has 2 atom stereocenters. The Balaban J connectivity index is 2.39. The highest BCUT2D eigenvalue weighted by Crippen LogP contribution is 2.32. The summed E-state index contributed by atoms with van der Waals surface area (Å²) in [5, 5.41) is 10.2. The van der Waals surface area contributed by atoms with Crippen molar-refractivity contribution in [1.82, 2.24) is 4.72 Å². The van der Waals surface area contributed by atoms with Crippen molar-refractivity contribution >= 4 is 10.0 Å². The number of hydrogen-bond acceptors (Lipinski definition) is 5. The summed E-state index contributed by atoms with van der Waals surface area (Å²) in [5.74, 6) is 1.02. The normalized spacial score (nSPS) is 13.6. The quantitative estimate of drug-likeness (QED) is 0.592. The summed E-state index contributed by atoms with van der Waals surface area (Å²) in [7, 11) is -0.735. The molecule has 0 saturated carbocycles. The van der Waals surface area contributed by atoms with Gasteiger partial charge in [-0.1, -0.05) is 29.8 Å². The maximum atomic E-state index is 12.9. The second kappa shape index (κ2) is 9.73. The van der Waals surface area contributed by atoms with E-state index in [2.05, 4.69) is 11.3 Å². The van der Waals surface area contributed by atoms with Crippen LogP contribution in [-0.4, -0.2) is 33.8 Å². The second-order valence-corrected chi connectivity index (χ2v) is 8.23. The van der Waals surface area contributed by atoms with Gasteiger partial charge in [0.15, 0.2) is 11.5 Å². The zero-order valence-electron chi connectivity index (χ0n) is 16.4. The number of hydrogen-bond donors (Lipinski definition) is 2. The molecule has 0 fully saturated rings. The predicted molar refractivity (Wildman–Crippen MR) is 109 cm³/mol. The Morgan fingerprint density at radius 2 is 1.75 bits per heavy atom. The third kappa shape index (κ3) is 5.58. The molecule has 0 aromatic heterocycles. The van der Waals surface area contributed by atoms with Gasteiger partial charge in [-0.05, 0) is 49.6 Å². The van der Waals surface area contributed by atoms with Gasteiger partial charge in [0.1, 0.15) is 0 Å². The van der Waals surface area contributed by atoms with E-state index in [4.69, 9.17) is 9.47 Å². The summed E-state index contributed by atoms with van der Waals surface area (Å²) >= 11 is 0. The van der Waals surface area contributed by atoms with E-state index >= 15 is 0 Å². The van der Waals surface area contributed by atoms with E-state index in [0.717, 1.165) is 5.56 Å². The molecule has 0 heterocycles. The van der Waals surface area contributed by atoms with Crippen LogP contribution in [0, 0.1) is 6.92 Å². The smallest absolute Gasteiger partial charge is 0.241 e. The van der Waals surface area contributed by atoms with Crippen molar-refractivity contribution in [2.75, 3.05) is 14.2 Å². The van der Waals surface area contributed by atoms with Gasteiger partial charge < -0.3 is 14.6 Å². The molecule has 28 heavy (non-hydrogen) atoms. The Morgan fingerprint density at radius 1 is 1.11 bits per heavy atom. The molecule has 0 amide bonds. The third-order valence-corrected chi connectivity index (χ3v) is 5.87. The molecule has 2 N–H and O–H groups in total. The van der Waals surface area contributed by atoms with Gasteiger partial charge in [-0.3, -0.25) is 0 Å². The van der Waals surface area contributed by atoms with E-state index in [9.17, 15) is 13.5 Å². The van der Waals surface area contributed by atoms with Crippen LogP contribution < -0.4 is 14.2 Å². The zero-order chi connectivity index (χ0) is 20.7. The fourth-order valence-corrected chi connectivity index (χ4v) is 4.09. The highest BCUT2D eigenvalue weighted by Gasteiger charge is 2.24. The number of aliphatic hydroxyl groups is 1. The third-order valence-electron chi connectivity index (χ3n) is 4.39. The highest BCUT2D eigenvalue weighted by atomic mass is 32.2. The summed E-state index contributed by atoms with van der Waals surface area (Å²) < 4.78 is 39.0. The summed E-state index contributed by atoms with van der Waals surface area (Å²) in [4.78, 5) is 0.168. The topological polar surface area (TPSA) is 84.9 Å². The average Bonchev–Trinajstić information content (AvgIpc) is 2.67. The van der Waals surface area contributed by atoms with Crippen molar-refractivity contribution in [3.05, 3.63) is 66.2 Å². The Hall–Kier alpha value is -2.35. The molecule has 152 valence electrons. The molecule has 0 aliphatic rings. The Bertz CT molecular complexity index is 894. The van der Waals surface area contributed by atoms with E-state index in [1.54, 1.807) is 48.5 Å². The summed E-state index contributed by atoms with van der Waals surface area (Å²) in [5.41, 5.74) is 1.63. The highest BCUT2D eigenvalue weighted by molar-refractivity contribution is 7.89. The molecule has 0 spiro atoms. The van der Waals surface area contributed by atoms with Crippen LogP contribution in [0.25, 0.3) is 0 Å². The van der Waals surface area contributed by atoms with Crippen LogP contribution in [0.1, 0.15) is 30.0 Å². The second-order valence-electron chi connectivity index (χ2n) is 6.52. The molecule has 2 aromatic rings. The van der Waals surface area contributed by atoms with Crippen molar-refractivity contribution < 1.29 is 23.0 Å². The van der Waals surface area contributed by atoms with Crippen LogP contribution in [0.2, 0.25) is 0 Å². The molecular weight excluding hydrogens is 378 g/mol. The predicted octanol–water partition coefficient (Wildman–Crippen LogP) is 3.36. The van der Waals surface area contributed by atoms with Gasteiger partial charge >= 0.3 is 0 Å². The van der Waals surface area contributed by atoms with Crippen molar-refractivity contribution in [2.24, 2.45) is 0 Å². The Labute approximate surface area is 166 Å². The number of aryl methyl sites for hydroxylation is 1. The van der Waals surface area contributed by atoms with Crippen LogP contribution in [0.5, 0.6) is 11.5 Å². The number of ether oxygens (including phenoxy) is 2. The van der Waals surface area contributed by atoms with E-state index in [-0.39, 0.29) is 11.3 Å². The van der Waals surface area contributed by atoms with Crippen molar-refractivity contribution in [3.8, 4) is 11.5 Å².